The molecule has 0 amide bonds. The number of hydrogen-bond donors (Lipinski definition) is 1. The zero-order chi connectivity index (χ0) is 12.8. The molecule has 5 heteroatoms. The van der Waals surface area contributed by atoms with Crippen molar-refractivity contribution in [3.05, 3.63) is 18.0 Å². The maximum atomic E-state index is 8.98. The minimum Gasteiger partial charge on any atom is -0.395 e. The Morgan fingerprint density at radius 3 is 2.72 bits per heavy atom. The highest BCUT2D eigenvalue weighted by Crippen LogP contribution is 2.08. The topological polar surface area (TPSA) is 44.5 Å². The fraction of sp³-hybridized carbons (Fsp3) is 0.769. The highest BCUT2D eigenvalue weighted by Gasteiger charge is 2.14. The van der Waals surface area contributed by atoms with Crippen LogP contribution >= 0.6 is 0 Å². The second-order valence-corrected chi connectivity index (χ2v) is 4.90. The number of aliphatic hydroxyl groups excluding tert-OH is 1. The van der Waals surface area contributed by atoms with Crippen molar-refractivity contribution >= 4 is 0 Å². The van der Waals surface area contributed by atoms with Gasteiger partial charge in [-0.15, -0.1) is 0 Å². The Labute approximate surface area is 109 Å². The van der Waals surface area contributed by atoms with Crippen LogP contribution in [0.2, 0.25) is 0 Å². The number of nitrogens with zero attached hydrogens (tertiary/aromatic N) is 4. The maximum absolute atomic E-state index is 8.98. The van der Waals surface area contributed by atoms with Gasteiger partial charge in [-0.05, 0) is 26.4 Å². The van der Waals surface area contributed by atoms with E-state index in [1.165, 1.54) is 12.0 Å². The smallest absolute Gasteiger partial charge is 0.0558 e. The van der Waals surface area contributed by atoms with Crippen molar-refractivity contribution in [1.82, 2.24) is 19.6 Å². The largest absolute Gasteiger partial charge is 0.395 e. The van der Waals surface area contributed by atoms with Crippen LogP contribution in [-0.2, 0) is 13.1 Å². The number of aliphatic hydroxyl groups is 1. The Balaban J connectivity index is 1.82. The second kappa shape index (κ2) is 6.87. The van der Waals surface area contributed by atoms with E-state index in [4.69, 9.17) is 5.11 Å². The van der Waals surface area contributed by atoms with Gasteiger partial charge < -0.3 is 5.11 Å². The van der Waals surface area contributed by atoms with Gasteiger partial charge >= 0.3 is 0 Å². The summed E-state index contributed by atoms with van der Waals surface area (Å²) in [5, 5.41) is 13.3. The third-order valence-electron chi connectivity index (χ3n) is 3.51. The minimum atomic E-state index is 0.267. The summed E-state index contributed by atoms with van der Waals surface area (Å²) in [6.45, 7) is 9.49. The highest BCUT2D eigenvalue weighted by molar-refractivity contribution is 5.03. The molecule has 2 rings (SSSR count). The molecule has 1 aromatic rings. The standard InChI is InChI=1S/C13H24N4O/c1-2-17-12-13(10-14-17)11-16-5-3-4-15(6-7-16)8-9-18/h10,12,18H,2-9,11H2,1H3. The van der Waals surface area contributed by atoms with E-state index in [0.29, 0.717) is 0 Å². The van der Waals surface area contributed by atoms with Crippen molar-refractivity contribution < 1.29 is 5.11 Å². The van der Waals surface area contributed by atoms with Gasteiger partial charge in [0.15, 0.2) is 0 Å². The van der Waals surface area contributed by atoms with Gasteiger partial charge in [-0.25, -0.2) is 0 Å². The molecule has 0 radical (unpaired) electrons. The lowest BCUT2D eigenvalue weighted by Gasteiger charge is -2.20. The minimum absolute atomic E-state index is 0.267. The Morgan fingerprint density at radius 1 is 1.22 bits per heavy atom. The quantitative estimate of drug-likeness (QED) is 0.824. The summed E-state index contributed by atoms with van der Waals surface area (Å²) < 4.78 is 1.98. The first-order chi connectivity index (χ1) is 8.81. The van der Waals surface area contributed by atoms with Crippen molar-refractivity contribution in [1.29, 1.82) is 0 Å². The number of rotatable bonds is 5. The third-order valence-corrected chi connectivity index (χ3v) is 3.51. The van der Waals surface area contributed by atoms with Gasteiger partial charge in [0.1, 0.15) is 0 Å². The monoisotopic (exact) mass is 252 g/mol. The normalized spacial score (nSPS) is 19.0. The van der Waals surface area contributed by atoms with Crippen LogP contribution in [0.1, 0.15) is 18.9 Å². The molecular weight excluding hydrogens is 228 g/mol. The van der Waals surface area contributed by atoms with Gasteiger partial charge in [0.25, 0.3) is 0 Å². The molecule has 1 N–H and O–H groups in total. The van der Waals surface area contributed by atoms with Gasteiger partial charge in [-0.2, -0.15) is 5.10 Å². The fourth-order valence-corrected chi connectivity index (χ4v) is 2.47. The number of aromatic nitrogens is 2. The first kappa shape index (κ1) is 13.5. The summed E-state index contributed by atoms with van der Waals surface area (Å²) >= 11 is 0. The van der Waals surface area contributed by atoms with Gasteiger partial charge in [-0.3, -0.25) is 14.5 Å². The lowest BCUT2D eigenvalue weighted by Crippen LogP contribution is -2.32. The molecule has 0 spiro atoms. The van der Waals surface area contributed by atoms with Crippen LogP contribution < -0.4 is 0 Å². The van der Waals surface area contributed by atoms with Crippen molar-refractivity contribution in [2.45, 2.75) is 26.4 Å². The van der Waals surface area contributed by atoms with E-state index in [0.717, 1.165) is 45.8 Å². The van der Waals surface area contributed by atoms with Crippen molar-refractivity contribution in [2.75, 3.05) is 39.3 Å². The first-order valence-electron chi connectivity index (χ1n) is 6.88. The molecule has 1 saturated heterocycles. The maximum Gasteiger partial charge on any atom is 0.0558 e. The van der Waals surface area contributed by atoms with E-state index in [2.05, 4.69) is 28.0 Å². The Hall–Kier alpha value is -0.910. The number of aryl methyl sites for hydroxylation is 1. The van der Waals surface area contributed by atoms with E-state index in [1.54, 1.807) is 0 Å². The Morgan fingerprint density at radius 2 is 2.00 bits per heavy atom. The third kappa shape index (κ3) is 3.80. The molecule has 18 heavy (non-hydrogen) atoms. The van der Waals surface area contributed by atoms with Crippen molar-refractivity contribution in [3.63, 3.8) is 0 Å². The summed E-state index contributed by atoms with van der Waals surface area (Å²) in [4.78, 5) is 4.82. The zero-order valence-corrected chi connectivity index (χ0v) is 11.3. The lowest BCUT2D eigenvalue weighted by atomic mass is 10.3. The first-order valence-corrected chi connectivity index (χ1v) is 6.88. The molecule has 2 heterocycles. The molecule has 0 aliphatic carbocycles. The molecule has 0 unspecified atom stereocenters. The molecule has 1 aromatic heterocycles. The summed E-state index contributed by atoms with van der Waals surface area (Å²) in [7, 11) is 0. The molecular formula is C13H24N4O. The van der Waals surface area contributed by atoms with Gasteiger partial charge in [0.05, 0.1) is 12.8 Å². The van der Waals surface area contributed by atoms with Gasteiger partial charge in [-0.1, -0.05) is 0 Å². The Bertz CT molecular complexity index is 353. The van der Waals surface area contributed by atoms with Crippen LogP contribution in [0.15, 0.2) is 12.4 Å². The molecule has 102 valence electrons. The molecule has 5 nitrogen and oxygen atoms in total. The van der Waals surface area contributed by atoms with Gasteiger partial charge in [0, 0.05) is 44.5 Å². The second-order valence-electron chi connectivity index (χ2n) is 4.90. The van der Waals surface area contributed by atoms with Crippen LogP contribution in [0.4, 0.5) is 0 Å². The molecule has 1 fully saturated rings. The number of β-amino-alcohol motifs (C(OH)–C–C–N with tert-alkyl or cyclic N) is 1. The van der Waals surface area contributed by atoms with Crippen LogP contribution in [0.5, 0.6) is 0 Å². The molecule has 0 atom stereocenters. The molecule has 1 aliphatic rings. The number of hydrogen-bond acceptors (Lipinski definition) is 4. The van der Waals surface area contributed by atoms with Crippen LogP contribution in [0.25, 0.3) is 0 Å². The molecule has 0 saturated carbocycles. The Kier molecular flexibility index (Phi) is 5.16. The molecule has 0 aromatic carbocycles. The average Bonchev–Trinajstić information content (AvgIpc) is 2.71. The van der Waals surface area contributed by atoms with Crippen molar-refractivity contribution in [3.8, 4) is 0 Å². The van der Waals surface area contributed by atoms with E-state index in [1.807, 2.05) is 10.9 Å². The molecule has 1 aliphatic heterocycles. The average molecular weight is 252 g/mol. The predicted octanol–water partition coefficient (Wildman–Crippen LogP) is 0.403. The summed E-state index contributed by atoms with van der Waals surface area (Å²) in [5.41, 5.74) is 1.30. The lowest BCUT2D eigenvalue weighted by molar-refractivity contribution is 0.196. The van der Waals surface area contributed by atoms with Crippen LogP contribution in [-0.4, -0.2) is 64.0 Å². The van der Waals surface area contributed by atoms with Crippen LogP contribution in [0, 0.1) is 0 Å². The van der Waals surface area contributed by atoms with Crippen LogP contribution in [0.3, 0.4) is 0 Å². The fourth-order valence-electron chi connectivity index (χ4n) is 2.47. The molecule has 0 bridgehead atoms. The van der Waals surface area contributed by atoms with E-state index in [-0.39, 0.29) is 6.61 Å². The zero-order valence-electron chi connectivity index (χ0n) is 11.3. The van der Waals surface area contributed by atoms with Crippen molar-refractivity contribution in [2.24, 2.45) is 0 Å². The SMILES string of the molecule is CCn1cc(CN2CCCN(CCO)CC2)cn1. The van der Waals surface area contributed by atoms with E-state index < -0.39 is 0 Å². The summed E-state index contributed by atoms with van der Waals surface area (Å²) in [5.74, 6) is 0. The van der Waals surface area contributed by atoms with E-state index in [9.17, 15) is 0 Å². The van der Waals surface area contributed by atoms with E-state index >= 15 is 0 Å². The summed E-state index contributed by atoms with van der Waals surface area (Å²) in [6, 6.07) is 0. The highest BCUT2D eigenvalue weighted by atomic mass is 16.3. The summed E-state index contributed by atoms with van der Waals surface area (Å²) in [6.07, 6.45) is 5.29. The van der Waals surface area contributed by atoms with Gasteiger partial charge in [0.2, 0.25) is 0 Å². The predicted molar refractivity (Wildman–Crippen MR) is 71.3 cm³/mol.